The summed E-state index contributed by atoms with van der Waals surface area (Å²) in [6, 6.07) is 0. The van der Waals surface area contributed by atoms with Gasteiger partial charge in [0.05, 0.1) is 22.6 Å². The first-order chi connectivity index (χ1) is 9.20. The Morgan fingerprint density at radius 2 is 1.90 bits per heavy atom. The zero-order chi connectivity index (χ0) is 14.7. The Kier molecular flexibility index (Phi) is 2.05. The average molecular weight is 315 g/mol. The summed E-state index contributed by atoms with van der Waals surface area (Å²) in [6.45, 7) is 5.78. The third-order valence-electron chi connectivity index (χ3n) is 6.89. The number of rotatable bonds is 0. The lowest BCUT2D eigenvalue weighted by atomic mass is 9.48. The monoisotopic (exact) mass is 314 g/mol. The zero-order valence-corrected chi connectivity index (χ0v) is 13.1. The maximum absolute atomic E-state index is 13.3. The molecular formula is C15H16Cl2O3. The highest BCUT2D eigenvalue weighted by molar-refractivity contribution is 6.35. The third kappa shape index (κ3) is 0.809. The fraction of sp³-hybridized carbons (Fsp3) is 0.733. The lowest BCUT2D eigenvalue weighted by Crippen LogP contribution is -2.71. The predicted molar refractivity (Wildman–Crippen MR) is 74.8 cm³/mol. The Hall–Kier alpha value is -0.540. The molecule has 0 bridgehead atoms. The van der Waals surface area contributed by atoms with Gasteiger partial charge in [-0.3, -0.25) is 9.59 Å². The molecule has 6 atom stereocenters. The fourth-order valence-electron chi connectivity index (χ4n) is 5.53. The Morgan fingerprint density at radius 1 is 1.25 bits per heavy atom. The molecule has 2 saturated carbocycles. The van der Waals surface area contributed by atoms with Crippen molar-refractivity contribution < 1.29 is 14.3 Å². The summed E-state index contributed by atoms with van der Waals surface area (Å²) in [6.07, 6.45) is 2.72. The first-order valence-electron chi connectivity index (χ1n) is 6.92. The molecule has 108 valence electrons. The number of esters is 1. The van der Waals surface area contributed by atoms with Gasteiger partial charge in [0.25, 0.3) is 0 Å². The molecule has 0 N–H and O–H groups in total. The second-order valence-corrected chi connectivity index (χ2v) is 7.95. The molecule has 3 nitrogen and oxygen atoms in total. The molecule has 3 fully saturated rings. The van der Waals surface area contributed by atoms with Gasteiger partial charge in [-0.15, -0.1) is 23.2 Å². The summed E-state index contributed by atoms with van der Waals surface area (Å²) in [7, 11) is 0. The average Bonchev–Trinajstić information content (AvgIpc) is 2.90. The largest absolute Gasteiger partial charge is 0.457 e. The molecular weight excluding hydrogens is 299 g/mol. The number of Topliss-reactive ketones (excluding diaryl/α,β-unsaturated/α-hetero) is 1. The molecule has 0 aromatic heterocycles. The van der Waals surface area contributed by atoms with Crippen molar-refractivity contribution in [2.75, 3.05) is 0 Å². The third-order valence-corrected chi connectivity index (χ3v) is 8.40. The van der Waals surface area contributed by atoms with E-state index in [-0.39, 0.29) is 23.6 Å². The van der Waals surface area contributed by atoms with Crippen LogP contribution in [0.4, 0.5) is 0 Å². The fourth-order valence-corrected chi connectivity index (χ4v) is 6.77. The van der Waals surface area contributed by atoms with Gasteiger partial charge in [-0.2, -0.15) is 0 Å². The topological polar surface area (TPSA) is 43.4 Å². The van der Waals surface area contributed by atoms with Crippen molar-refractivity contribution in [3.8, 4) is 0 Å². The van der Waals surface area contributed by atoms with Crippen molar-refractivity contribution in [3.63, 3.8) is 0 Å². The van der Waals surface area contributed by atoms with E-state index in [0.29, 0.717) is 6.42 Å². The van der Waals surface area contributed by atoms with Gasteiger partial charge in [0.15, 0.2) is 5.78 Å². The molecule has 5 heteroatoms. The second-order valence-electron chi connectivity index (χ2n) is 7.01. The van der Waals surface area contributed by atoms with Gasteiger partial charge < -0.3 is 4.74 Å². The normalized spacial score (nSPS) is 59.5. The van der Waals surface area contributed by atoms with Crippen molar-refractivity contribution in [1.29, 1.82) is 0 Å². The number of hydrogen-bond donors (Lipinski definition) is 0. The van der Waals surface area contributed by atoms with E-state index < -0.39 is 27.2 Å². The molecule has 0 radical (unpaired) electrons. The van der Waals surface area contributed by atoms with Crippen LogP contribution in [0.3, 0.4) is 0 Å². The van der Waals surface area contributed by atoms with Gasteiger partial charge >= 0.3 is 5.97 Å². The van der Waals surface area contributed by atoms with Crippen LogP contribution in [0, 0.1) is 16.2 Å². The lowest BCUT2D eigenvalue weighted by molar-refractivity contribution is -0.184. The number of carbonyl (C=O) groups is 2. The molecule has 0 aromatic carbocycles. The van der Waals surface area contributed by atoms with Crippen LogP contribution >= 0.6 is 23.2 Å². The summed E-state index contributed by atoms with van der Waals surface area (Å²) in [4.78, 5) is 25.3. The number of carbonyl (C=O) groups excluding carboxylic acids is 2. The van der Waals surface area contributed by atoms with E-state index in [0.717, 1.165) is 5.57 Å². The van der Waals surface area contributed by atoms with E-state index in [4.69, 9.17) is 27.9 Å². The summed E-state index contributed by atoms with van der Waals surface area (Å²) >= 11 is 12.9. The first kappa shape index (κ1) is 13.1. The summed E-state index contributed by atoms with van der Waals surface area (Å²) < 4.78 is 5.79. The maximum Gasteiger partial charge on any atom is 0.307 e. The van der Waals surface area contributed by atoms with Crippen molar-refractivity contribution >= 4 is 35.0 Å². The van der Waals surface area contributed by atoms with Gasteiger partial charge in [-0.25, -0.2) is 0 Å². The van der Waals surface area contributed by atoms with Crippen molar-refractivity contribution in [2.24, 2.45) is 16.2 Å². The standard InChI is InChI=1S/C15H16Cl2O3/c1-7-4-5-15-13(3)10(17)9(16)12(13,2)11(19)14(7,15)6-8(18)20-15/h4,9-10H,5-6H2,1-3H3/t9?,10?,12-,13-,14-,15-/m0/s1. The molecule has 0 aromatic rings. The first-order valence-corrected chi connectivity index (χ1v) is 7.79. The van der Waals surface area contributed by atoms with Gasteiger partial charge in [-0.1, -0.05) is 25.5 Å². The molecule has 1 heterocycles. The van der Waals surface area contributed by atoms with E-state index in [9.17, 15) is 9.59 Å². The zero-order valence-electron chi connectivity index (χ0n) is 11.6. The number of alkyl halides is 2. The van der Waals surface area contributed by atoms with E-state index in [1.54, 1.807) is 0 Å². The van der Waals surface area contributed by atoms with Gasteiger partial charge in [0.1, 0.15) is 11.0 Å². The van der Waals surface area contributed by atoms with E-state index >= 15 is 0 Å². The lowest BCUT2D eigenvalue weighted by Gasteiger charge is -2.62. The van der Waals surface area contributed by atoms with Crippen molar-refractivity contribution in [2.45, 2.75) is 50.0 Å². The molecule has 3 aliphatic carbocycles. The molecule has 0 spiro atoms. The van der Waals surface area contributed by atoms with Crippen LogP contribution in [-0.4, -0.2) is 28.1 Å². The molecule has 20 heavy (non-hydrogen) atoms. The minimum atomic E-state index is -0.843. The molecule has 4 aliphatic rings. The Balaban J connectivity index is 2.05. The summed E-state index contributed by atoms with van der Waals surface area (Å²) in [5, 5.41) is -0.782. The van der Waals surface area contributed by atoms with Gasteiger partial charge in [-0.05, 0) is 6.92 Å². The summed E-state index contributed by atoms with van der Waals surface area (Å²) in [5.74, 6) is -0.252. The Bertz CT molecular complexity index is 614. The van der Waals surface area contributed by atoms with Crippen molar-refractivity contribution in [3.05, 3.63) is 11.6 Å². The highest BCUT2D eigenvalue weighted by Crippen LogP contribution is 2.82. The van der Waals surface area contributed by atoms with Crippen LogP contribution in [-0.2, 0) is 14.3 Å². The molecule has 4 rings (SSSR count). The smallest absolute Gasteiger partial charge is 0.307 e. The van der Waals surface area contributed by atoms with Gasteiger partial charge in [0.2, 0.25) is 0 Å². The van der Waals surface area contributed by atoms with Crippen LogP contribution in [0.25, 0.3) is 0 Å². The molecule has 1 saturated heterocycles. The molecule has 0 amide bonds. The van der Waals surface area contributed by atoms with E-state index in [1.165, 1.54) is 0 Å². The van der Waals surface area contributed by atoms with Gasteiger partial charge in [0, 0.05) is 11.8 Å². The predicted octanol–water partition coefficient (Wildman–Crippen LogP) is 2.83. The Morgan fingerprint density at radius 3 is 2.55 bits per heavy atom. The van der Waals surface area contributed by atoms with Crippen LogP contribution < -0.4 is 0 Å². The van der Waals surface area contributed by atoms with Crippen LogP contribution in [0.1, 0.15) is 33.6 Å². The van der Waals surface area contributed by atoms with Crippen LogP contribution in [0.5, 0.6) is 0 Å². The number of ketones is 1. The molecule has 1 aliphatic heterocycles. The van der Waals surface area contributed by atoms with Crippen LogP contribution in [0.2, 0.25) is 0 Å². The quantitative estimate of drug-likeness (QED) is 0.392. The number of ether oxygens (including phenoxy) is 1. The maximum atomic E-state index is 13.3. The molecule has 2 unspecified atom stereocenters. The van der Waals surface area contributed by atoms with E-state index in [2.05, 4.69) is 0 Å². The number of halogens is 2. The second kappa shape index (κ2) is 3.12. The summed E-state index contributed by atoms with van der Waals surface area (Å²) in [5.41, 5.74) is -2.06. The highest BCUT2D eigenvalue weighted by atomic mass is 35.5. The number of fused-ring (bicyclic) bond motifs is 1. The Labute approximate surface area is 127 Å². The minimum absolute atomic E-state index is 0.0431. The number of hydrogen-bond acceptors (Lipinski definition) is 3. The highest BCUT2D eigenvalue weighted by Gasteiger charge is 2.92. The van der Waals surface area contributed by atoms with E-state index in [1.807, 2.05) is 26.8 Å². The SMILES string of the molecule is CC1=CC[C@@]23OC(=O)C[C@@]12C(=O)[C@]1(C)C(Cl)C(Cl)[C@]31C. The minimum Gasteiger partial charge on any atom is -0.457 e. The van der Waals surface area contributed by atoms with Crippen molar-refractivity contribution in [1.82, 2.24) is 0 Å². The van der Waals surface area contributed by atoms with Crippen LogP contribution in [0.15, 0.2) is 11.6 Å².